The monoisotopic (exact) mass is 396 g/mol. The Labute approximate surface area is 171 Å². The highest BCUT2D eigenvalue weighted by Gasteiger charge is 2.21. The van der Waals surface area contributed by atoms with Gasteiger partial charge in [-0.05, 0) is 67.5 Å². The van der Waals surface area contributed by atoms with Crippen molar-refractivity contribution in [2.24, 2.45) is 0 Å². The third-order valence-corrected chi connectivity index (χ3v) is 5.40. The van der Waals surface area contributed by atoms with Gasteiger partial charge in [-0.15, -0.1) is 0 Å². The topological polar surface area (TPSA) is 75.6 Å². The molecule has 140 valence electrons. The van der Waals surface area contributed by atoms with E-state index in [-0.39, 0.29) is 0 Å². The summed E-state index contributed by atoms with van der Waals surface area (Å²) in [4.78, 5) is 19.0. The maximum Gasteiger partial charge on any atom is 0.170 e. The fraction of sp³-hybridized carbons (Fsp3) is 0.136. The summed E-state index contributed by atoms with van der Waals surface area (Å²) in [7, 11) is 0. The molecule has 5 aromatic rings. The first kappa shape index (κ1) is 16.5. The Morgan fingerprint density at radius 3 is 2.14 bits per heavy atom. The van der Waals surface area contributed by atoms with Crippen LogP contribution in [0.25, 0.3) is 43.9 Å². The molecule has 29 heavy (non-hydrogen) atoms. The molecular formula is C22H16N6S. The zero-order valence-corrected chi connectivity index (χ0v) is 16.2. The predicted molar refractivity (Wildman–Crippen MR) is 120 cm³/mol. The third kappa shape index (κ3) is 2.82. The van der Waals surface area contributed by atoms with Crippen molar-refractivity contribution in [2.75, 3.05) is 5.32 Å². The van der Waals surface area contributed by atoms with Gasteiger partial charge in [0, 0.05) is 34.9 Å². The van der Waals surface area contributed by atoms with E-state index in [0.29, 0.717) is 11.2 Å². The van der Waals surface area contributed by atoms with Gasteiger partial charge in [0.1, 0.15) is 0 Å². The molecule has 1 fully saturated rings. The SMILES string of the molecule is S=C(Nc1ccc2nc3c4cccnc4c4ncccc4c3nc2c1)NC1CC1. The summed E-state index contributed by atoms with van der Waals surface area (Å²) in [6.07, 6.45) is 5.93. The van der Waals surface area contributed by atoms with Crippen LogP contribution in [0.5, 0.6) is 0 Å². The van der Waals surface area contributed by atoms with Crippen LogP contribution >= 0.6 is 12.2 Å². The molecule has 0 aliphatic heterocycles. The fourth-order valence-corrected chi connectivity index (χ4v) is 3.94. The highest BCUT2D eigenvalue weighted by atomic mass is 32.1. The van der Waals surface area contributed by atoms with E-state index in [0.717, 1.165) is 49.6 Å². The third-order valence-electron chi connectivity index (χ3n) is 5.18. The van der Waals surface area contributed by atoms with Gasteiger partial charge in [0.2, 0.25) is 0 Å². The van der Waals surface area contributed by atoms with E-state index >= 15 is 0 Å². The molecular weight excluding hydrogens is 380 g/mol. The molecule has 3 aromatic heterocycles. The van der Waals surface area contributed by atoms with Crippen molar-refractivity contribution in [2.45, 2.75) is 18.9 Å². The molecule has 0 radical (unpaired) electrons. The van der Waals surface area contributed by atoms with Crippen LogP contribution in [0, 0.1) is 0 Å². The maximum atomic E-state index is 5.39. The van der Waals surface area contributed by atoms with Crippen LogP contribution in [0.3, 0.4) is 0 Å². The Bertz CT molecular complexity index is 1440. The Hall–Kier alpha value is -3.45. The van der Waals surface area contributed by atoms with Gasteiger partial charge >= 0.3 is 0 Å². The highest BCUT2D eigenvalue weighted by molar-refractivity contribution is 7.80. The highest BCUT2D eigenvalue weighted by Crippen LogP contribution is 2.32. The molecule has 0 bridgehead atoms. The summed E-state index contributed by atoms with van der Waals surface area (Å²) < 4.78 is 0. The summed E-state index contributed by atoms with van der Waals surface area (Å²) in [6, 6.07) is 14.3. The number of benzene rings is 2. The average molecular weight is 396 g/mol. The first-order chi connectivity index (χ1) is 14.3. The second-order valence-electron chi connectivity index (χ2n) is 7.30. The summed E-state index contributed by atoms with van der Waals surface area (Å²) >= 11 is 5.39. The molecule has 6 nitrogen and oxygen atoms in total. The zero-order valence-electron chi connectivity index (χ0n) is 15.4. The quantitative estimate of drug-likeness (QED) is 0.261. The molecule has 1 aliphatic carbocycles. The van der Waals surface area contributed by atoms with Gasteiger partial charge in [-0.1, -0.05) is 0 Å². The van der Waals surface area contributed by atoms with Crippen molar-refractivity contribution in [3.05, 3.63) is 54.9 Å². The molecule has 1 saturated carbocycles. The summed E-state index contributed by atoms with van der Waals surface area (Å²) in [5.74, 6) is 0. The fourth-order valence-electron chi connectivity index (χ4n) is 3.66. The summed E-state index contributed by atoms with van der Waals surface area (Å²) in [6.45, 7) is 0. The lowest BCUT2D eigenvalue weighted by Gasteiger charge is -2.11. The number of rotatable bonds is 2. The number of pyridine rings is 2. The molecule has 0 atom stereocenters. The van der Waals surface area contributed by atoms with Crippen LogP contribution in [0.2, 0.25) is 0 Å². The van der Waals surface area contributed by atoms with E-state index in [1.54, 1.807) is 12.4 Å². The van der Waals surface area contributed by atoms with Crippen LogP contribution in [-0.2, 0) is 0 Å². The number of nitrogens with one attached hydrogen (secondary N) is 2. The number of thiocarbonyl (C=S) groups is 1. The van der Waals surface area contributed by atoms with Crippen LogP contribution in [-0.4, -0.2) is 31.1 Å². The van der Waals surface area contributed by atoms with Gasteiger partial charge in [-0.2, -0.15) is 0 Å². The van der Waals surface area contributed by atoms with Gasteiger partial charge in [0.05, 0.1) is 33.1 Å². The summed E-state index contributed by atoms with van der Waals surface area (Å²) in [5.41, 5.74) is 5.90. The summed E-state index contributed by atoms with van der Waals surface area (Å²) in [5, 5.41) is 9.10. The Balaban J connectivity index is 1.57. The number of hydrogen-bond donors (Lipinski definition) is 2. The lowest BCUT2D eigenvalue weighted by atomic mass is 10.1. The lowest BCUT2D eigenvalue weighted by Crippen LogP contribution is -2.30. The average Bonchev–Trinajstić information content (AvgIpc) is 3.56. The molecule has 0 spiro atoms. The molecule has 7 heteroatoms. The molecule has 0 saturated heterocycles. The first-order valence-electron chi connectivity index (χ1n) is 9.57. The molecule has 1 aliphatic rings. The minimum absolute atomic E-state index is 0.514. The van der Waals surface area contributed by atoms with Crippen molar-refractivity contribution in [3.8, 4) is 0 Å². The van der Waals surface area contributed by atoms with Crippen molar-refractivity contribution < 1.29 is 0 Å². The van der Waals surface area contributed by atoms with Gasteiger partial charge < -0.3 is 10.6 Å². The number of hydrogen-bond acceptors (Lipinski definition) is 5. The van der Waals surface area contributed by atoms with Crippen LogP contribution in [0.1, 0.15) is 12.8 Å². The predicted octanol–water partition coefficient (Wildman–Crippen LogP) is 4.33. The first-order valence-corrected chi connectivity index (χ1v) is 9.97. The van der Waals surface area contributed by atoms with Gasteiger partial charge in [0.15, 0.2) is 5.11 Å². The van der Waals surface area contributed by atoms with E-state index in [9.17, 15) is 0 Å². The van der Waals surface area contributed by atoms with E-state index < -0.39 is 0 Å². The molecule has 6 rings (SSSR count). The Morgan fingerprint density at radius 1 is 0.828 bits per heavy atom. The minimum Gasteiger partial charge on any atom is -0.360 e. The maximum absolute atomic E-state index is 5.39. The van der Waals surface area contributed by atoms with Crippen LogP contribution in [0.15, 0.2) is 54.9 Å². The van der Waals surface area contributed by atoms with Crippen LogP contribution in [0.4, 0.5) is 5.69 Å². The molecule has 2 N–H and O–H groups in total. The lowest BCUT2D eigenvalue weighted by molar-refractivity contribution is 0.919. The molecule has 3 heterocycles. The van der Waals surface area contributed by atoms with E-state index in [1.807, 2.05) is 42.5 Å². The zero-order chi connectivity index (χ0) is 19.4. The van der Waals surface area contributed by atoms with E-state index in [4.69, 9.17) is 22.2 Å². The second kappa shape index (κ2) is 6.28. The number of anilines is 1. The number of fused-ring (bicyclic) bond motifs is 7. The van der Waals surface area contributed by atoms with Gasteiger partial charge in [0.25, 0.3) is 0 Å². The number of aromatic nitrogens is 4. The van der Waals surface area contributed by atoms with Gasteiger partial charge in [-0.3, -0.25) is 9.97 Å². The Kier molecular flexibility index (Phi) is 3.57. The normalized spacial score (nSPS) is 13.9. The van der Waals surface area contributed by atoms with Crippen LogP contribution < -0.4 is 10.6 Å². The largest absolute Gasteiger partial charge is 0.360 e. The molecule has 2 aromatic carbocycles. The van der Waals surface area contributed by atoms with Crippen molar-refractivity contribution in [1.29, 1.82) is 0 Å². The Morgan fingerprint density at radius 2 is 1.48 bits per heavy atom. The van der Waals surface area contributed by atoms with E-state index in [2.05, 4.69) is 20.6 Å². The van der Waals surface area contributed by atoms with Crippen molar-refractivity contribution in [1.82, 2.24) is 25.3 Å². The second-order valence-corrected chi connectivity index (χ2v) is 7.70. The number of nitrogens with zero attached hydrogens (tertiary/aromatic N) is 4. The standard InChI is InChI=1S/C22H16N6S/c29-22(25-12-5-6-12)26-13-7-8-16-17(11-13)28-21-15-4-2-10-24-19(15)18-14(20(21)27-16)3-1-9-23-18/h1-4,7-12H,5-6H2,(H2,25,26,29). The van der Waals surface area contributed by atoms with Crippen molar-refractivity contribution in [3.63, 3.8) is 0 Å². The van der Waals surface area contributed by atoms with Crippen molar-refractivity contribution >= 4 is 66.9 Å². The van der Waals surface area contributed by atoms with E-state index in [1.165, 1.54) is 12.8 Å². The molecule has 0 unspecified atom stereocenters. The smallest absolute Gasteiger partial charge is 0.170 e. The minimum atomic E-state index is 0.514. The molecule has 0 amide bonds. The van der Waals surface area contributed by atoms with Gasteiger partial charge in [-0.25, -0.2) is 9.97 Å².